The number of hydrogen-bond donors (Lipinski definition) is 0. The fourth-order valence-corrected chi connectivity index (χ4v) is 5.46. The van der Waals surface area contributed by atoms with Crippen LogP contribution in [0.4, 0.5) is 5.69 Å². The molecule has 0 saturated carbocycles. The van der Waals surface area contributed by atoms with E-state index in [-0.39, 0.29) is 23.4 Å². The number of nitro benzene ring substituents is 1. The number of likely N-dealkylation sites (tertiary alicyclic amines) is 1. The van der Waals surface area contributed by atoms with Crippen molar-refractivity contribution in [3.05, 3.63) is 87.1 Å². The minimum absolute atomic E-state index is 0.128. The average Bonchev–Trinajstić information content (AvgIpc) is 2.92. The van der Waals surface area contributed by atoms with Crippen molar-refractivity contribution in [1.82, 2.24) is 4.90 Å². The molecule has 9 nitrogen and oxygen atoms in total. The van der Waals surface area contributed by atoms with Crippen molar-refractivity contribution in [1.29, 1.82) is 0 Å². The number of non-ortho nitro benzene ring substituents is 1. The van der Waals surface area contributed by atoms with E-state index in [9.17, 15) is 19.7 Å². The van der Waals surface area contributed by atoms with Crippen molar-refractivity contribution in [3.63, 3.8) is 0 Å². The molecule has 0 spiro atoms. The highest BCUT2D eigenvalue weighted by atomic mass is 16.6. The Morgan fingerprint density at radius 1 is 1.08 bits per heavy atom. The molecule has 0 bridgehead atoms. The first-order valence-corrected chi connectivity index (χ1v) is 12.8. The Labute approximate surface area is 222 Å². The molecule has 9 heteroatoms. The standard InChI is InChI=1S/C29H33N3O6/c1-18-25(28(33)37-4)27(22-11-8-12-23(17-22)32(35)36)26(19(2)30-18)29(34)38-24-13-15-31(16-14-24)20(3)21-9-6-5-7-10-21/h5-12,17,20,24-25,27H,13-16H2,1-4H3. The maximum absolute atomic E-state index is 13.6. The van der Waals surface area contributed by atoms with Crippen LogP contribution in [0.25, 0.3) is 0 Å². The number of ether oxygens (including phenoxy) is 2. The quantitative estimate of drug-likeness (QED) is 0.288. The number of benzene rings is 2. The summed E-state index contributed by atoms with van der Waals surface area (Å²) in [6, 6.07) is 16.5. The smallest absolute Gasteiger partial charge is 0.336 e. The van der Waals surface area contributed by atoms with Gasteiger partial charge in [0, 0.05) is 48.6 Å². The SMILES string of the molecule is COC(=O)C1C(C)=NC(C)=C(C(=O)OC2CCN(C(C)c3ccccc3)CC2)C1c1cccc([N+](=O)[O-])c1. The highest BCUT2D eigenvalue weighted by molar-refractivity contribution is 6.07. The Balaban J connectivity index is 1.56. The van der Waals surface area contributed by atoms with Gasteiger partial charge in [0.15, 0.2) is 0 Å². The number of esters is 2. The van der Waals surface area contributed by atoms with E-state index in [1.165, 1.54) is 24.8 Å². The van der Waals surface area contributed by atoms with Crippen molar-refractivity contribution in [2.75, 3.05) is 20.2 Å². The third-order valence-electron chi connectivity index (χ3n) is 7.52. The van der Waals surface area contributed by atoms with Crippen molar-refractivity contribution >= 4 is 23.3 Å². The van der Waals surface area contributed by atoms with Gasteiger partial charge in [0.05, 0.1) is 17.6 Å². The van der Waals surface area contributed by atoms with Gasteiger partial charge < -0.3 is 9.47 Å². The summed E-state index contributed by atoms with van der Waals surface area (Å²) in [5, 5.41) is 11.5. The third kappa shape index (κ3) is 5.67. The zero-order valence-electron chi connectivity index (χ0n) is 22.1. The van der Waals surface area contributed by atoms with Crippen LogP contribution in [-0.4, -0.2) is 53.8 Å². The fourth-order valence-electron chi connectivity index (χ4n) is 5.46. The van der Waals surface area contributed by atoms with Crippen LogP contribution in [0.1, 0.15) is 56.7 Å². The molecule has 2 aliphatic heterocycles. The van der Waals surface area contributed by atoms with Crippen LogP contribution >= 0.6 is 0 Å². The van der Waals surface area contributed by atoms with E-state index in [0.29, 0.717) is 29.8 Å². The number of carbonyl (C=O) groups is 2. The maximum atomic E-state index is 13.6. The van der Waals surface area contributed by atoms with Crippen molar-refractivity contribution in [2.24, 2.45) is 10.9 Å². The minimum atomic E-state index is -0.901. The summed E-state index contributed by atoms with van der Waals surface area (Å²) >= 11 is 0. The lowest BCUT2D eigenvalue weighted by molar-refractivity contribution is -0.384. The van der Waals surface area contributed by atoms with E-state index >= 15 is 0 Å². The van der Waals surface area contributed by atoms with E-state index in [0.717, 1.165) is 13.1 Å². The van der Waals surface area contributed by atoms with Crippen LogP contribution in [0.2, 0.25) is 0 Å². The molecule has 0 aromatic heterocycles. The molecule has 0 amide bonds. The van der Waals surface area contributed by atoms with Gasteiger partial charge in [0.2, 0.25) is 0 Å². The summed E-state index contributed by atoms with van der Waals surface area (Å²) in [5.41, 5.74) is 2.71. The van der Waals surface area contributed by atoms with E-state index < -0.39 is 28.7 Å². The van der Waals surface area contributed by atoms with E-state index in [1.807, 2.05) is 18.2 Å². The number of carbonyl (C=O) groups excluding carboxylic acids is 2. The zero-order chi connectivity index (χ0) is 27.4. The number of nitrogens with zero attached hydrogens (tertiary/aromatic N) is 3. The van der Waals surface area contributed by atoms with Gasteiger partial charge >= 0.3 is 11.9 Å². The largest absolute Gasteiger partial charge is 0.468 e. The van der Waals surface area contributed by atoms with E-state index in [1.54, 1.807) is 26.0 Å². The third-order valence-corrected chi connectivity index (χ3v) is 7.52. The zero-order valence-corrected chi connectivity index (χ0v) is 22.1. The van der Waals surface area contributed by atoms with Gasteiger partial charge in [-0.1, -0.05) is 42.5 Å². The molecule has 1 fully saturated rings. The number of piperidine rings is 1. The number of rotatable bonds is 7. The molecule has 38 heavy (non-hydrogen) atoms. The summed E-state index contributed by atoms with van der Waals surface area (Å²) in [6.45, 7) is 7.13. The van der Waals surface area contributed by atoms with Gasteiger partial charge in [0.1, 0.15) is 12.0 Å². The highest BCUT2D eigenvalue weighted by Gasteiger charge is 2.43. The monoisotopic (exact) mass is 519 g/mol. The molecule has 3 atom stereocenters. The normalized spacial score (nSPS) is 21.4. The summed E-state index contributed by atoms with van der Waals surface area (Å²) in [6.07, 6.45) is 1.08. The number of allylic oxidation sites excluding steroid dienone is 1. The molecular weight excluding hydrogens is 486 g/mol. The topological polar surface area (TPSA) is 111 Å². The molecule has 1 saturated heterocycles. The fraction of sp³-hybridized carbons (Fsp3) is 0.414. The summed E-state index contributed by atoms with van der Waals surface area (Å²) in [5.74, 6) is -2.84. The summed E-state index contributed by atoms with van der Waals surface area (Å²) in [4.78, 5) is 44.3. The lowest BCUT2D eigenvalue weighted by atomic mass is 9.75. The molecule has 0 aliphatic carbocycles. The Hall–Kier alpha value is -3.85. The molecule has 3 unspecified atom stereocenters. The van der Waals surface area contributed by atoms with Crippen LogP contribution in [0, 0.1) is 16.0 Å². The van der Waals surface area contributed by atoms with E-state index in [4.69, 9.17) is 9.47 Å². The van der Waals surface area contributed by atoms with Gasteiger partial charge in [-0.2, -0.15) is 0 Å². The first-order chi connectivity index (χ1) is 18.2. The molecule has 200 valence electrons. The molecule has 4 rings (SSSR count). The van der Waals surface area contributed by atoms with Gasteiger partial charge in [0.25, 0.3) is 5.69 Å². The molecule has 2 aromatic carbocycles. The number of aliphatic imine (C=N–C) groups is 1. The van der Waals surface area contributed by atoms with Crippen LogP contribution < -0.4 is 0 Å². The summed E-state index contributed by atoms with van der Waals surface area (Å²) in [7, 11) is 1.27. The van der Waals surface area contributed by atoms with Crippen LogP contribution in [0.15, 0.2) is 70.9 Å². The van der Waals surface area contributed by atoms with Gasteiger partial charge in [-0.05, 0) is 44.7 Å². The van der Waals surface area contributed by atoms with Gasteiger partial charge in [-0.3, -0.25) is 24.8 Å². The lowest BCUT2D eigenvalue weighted by Gasteiger charge is -2.37. The second kappa shape index (κ2) is 11.7. The Morgan fingerprint density at radius 3 is 2.39 bits per heavy atom. The highest BCUT2D eigenvalue weighted by Crippen LogP contribution is 2.41. The second-order valence-electron chi connectivity index (χ2n) is 9.81. The first kappa shape index (κ1) is 27.2. The van der Waals surface area contributed by atoms with E-state index in [2.05, 4.69) is 28.9 Å². The minimum Gasteiger partial charge on any atom is -0.468 e. The number of methoxy groups -OCH3 is 1. The van der Waals surface area contributed by atoms with Crippen LogP contribution in [0.5, 0.6) is 0 Å². The van der Waals surface area contributed by atoms with Gasteiger partial charge in [-0.25, -0.2) is 4.79 Å². The van der Waals surface area contributed by atoms with Crippen molar-refractivity contribution < 1.29 is 24.0 Å². The lowest BCUT2D eigenvalue weighted by Crippen LogP contribution is -2.40. The van der Waals surface area contributed by atoms with Crippen LogP contribution in [0.3, 0.4) is 0 Å². The average molecular weight is 520 g/mol. The van der Waals surface area contributed by atoms with Gasteiger partial charge in [-0.15, -0.1) is 0 Å². The number of nitro groups is 1. The van der Waals surface area contributed by atoms with Crippen molar-refractivity contribution in [2.45, 2.75) is 51.7 Å². The molecule has 2 heterocycles. The Morgan fingerprint density at radius 2 is 1.76 bits per heavy atom. The molecular formula is C29H33N3O6. The second-order valence-corrected chi connectivity index (χ2v) is 9.81. The Bertz CT molecular complexity index is 1260. The molecule has 2 aliphatic rings. The molecule has 2 aromatic rings. The predicted molar refractivity (Wildman–Crippen MR) is 143 cm³/mol. The summed E-state index contributed by atoms with van der Waals surface area (Å²) < 4.78 is 11.0. The first-order valence-electron chi connectivity index (χ1n) is 12.8. The van der Waals surface area contributed by atoms with Crippen LogP contribution in [-0.2, 0) is 19.1 Å². The molecule has 0 radical (unpaired) electrons. The predicted octanol–water partition coefficient (Wildman–Crippen LogP) is 4.98. The number of hydrogen-bond acceptors (Lipinski definition) is 8. The maximum Gasteiger partial charge on any atom is 0.336 e. The Kier molecular flexibility index (Phi) is 8.36. The van der Waals surface area contributed by atoms with Crippen molar-refractivity contribution in [3.8, 4) is 0 Å². The molecule has 0 N–H and O–H groups in total.